The van der Waals surface area contributed by atoms with Crippen LogP contribution in [0.4, 0.5) is 0 Å². The van der Waals surface area contributed by atoms with Crippen molar-refractivity contribution in [2.75, 3.05) is 13.2 Å². The number of ketones is 2. The van der Waals surface area contributed by atoms with Crippen LogP contribution in [0.15, 0.2) is 29.4 Å². The molecule has 1 aromatic carbocycles. The van der Waals surface area contributed by atoms with Crippen LogP contribution in [-0.2, 0) is 35.2 Å². The number of rotatable bonds is 4. The van der Waals surface area contributed by atoms with Crippen molar-refractivity contribution in [2.45, 2.75) is 116 Å². The molecule has 1 saturated carbocycles. The van der Waals surface area contributed by atoms with E-state index < -0.39 is 34.5 Å². The summed E-state index contributed by atoms with van der Waals surface area (Å²) >= 11 is 6.53. The van der Waals surface area contributed by atoms with Gasteiger partial charge < -0.3 is 19.2 Å². The Morgan fingerprint density at radius 3 is 2.70 bits per heavy atom. The van der Waals surface area contributed by atoms with Gasteiger partial charge in [-0.25, -0.2) is 0 Å². The molecule has 0 N–H and O–H groups in total. The van der Waals surface area contributed by atoms with E-state index in [1.807, 2.05) is 32.9 Å². The van der Waals surface area contributed by atoms with Gasteiger partial charge >= 0.3 is 5.97 Å². The summed E-state index contributed by atoms with van der Waals surface area (Å²) in [4.78, 5) is 62.4. The molecule has 5 aliphatic rings. The number of nitrogens with zero attached hydrogens (tertiary/aromatic N) is 2. The van der Waals surface area contributed by atoms with E-state index in [1.165, 1.54) is 0 Å². The normalized spacial score (nSPS) is 31.9. The molecule has 4 aliphatic heterocycles. The lowest BCUT2D eigenvalue weighted by Gasteiger charge is -2.29. The third-order valence-electron chi connectivity index (χ3n) is 10.3. The van der Waals surface area contributed by atoms with E-state index in [-0.39, 0.29) is 49.2 Å². The quantitative estimate of drug-likeness (QED) is 0.283. The van der Waals surface area contributed by atoms with Crippen LogP contribution >= 0.6 is 11.6 Å². The van der Waals surface area contributed by atoms with Crippen molar-refractivity contribution in [1.82, 2.24) is 4.90 Å². The van der Waals surface area contributed by atoms with Crippen molar-refractivity contribution in [3.63, 3.8) is 0 Å². The first-order valence-corrected chi connectivity index (χ1v) is 17.1. The fraction of sp³-hybridized carbons (Fsp3) is 0.639. The predicted molar refractivity (Wildman–Crippen MR) is 173 cm³/mol. The highest BCUT2D eigenvalue weighted by Crippen LogP contribution is 2.57. The van der Waals surface area contributed by atoms with Gasteiger partial charge in [0.1, 0.15) is 17.1 Å². The number of oxime groups is 1. The number of esters is 1. The summed E-state index contributed by atoms with van der Waals surface area (Å²) in [5.74, 6) is -0.705. The van der Waals surface area contributed by atoms with Crippen molar-refractivity contribution in [1.29, 1.82) is 0 Å². The molecule has 1 spiro atoms. The summed E-state index contributed by atoms with van der Waals surface area (Å²) in [6.45, 7) is 7.73. The number of Topliss-reactive ketones (excluding diaryl/α,β-unsaturated/α-hetero) is 2. The Labute approximate surface area is 276 Å². The molecule has 5 unspecified atom stereocenters. The zero-order valence-corrected chi connectivity index (χ0v) is 28.1. The Balaban J connectivity index is 1.29. The molecule has 5 atom stereocenters. The first-order valence-electron chi connectivity index (χ1n) is 16.7. The zero-order chi connectivity index (χ0) is 32.9. The number of fused-ring (bicyclic) bond motifs is 3. The lowest BCUT2D eigenvalue weighted by Crippen LogP contribution is -2.45. The van der Waals surface area contributed by atoms with E-state index >= 15 is 0 Å². The molecule has 1 saturated heterocycles. The molecule has 0 aromatic heterocycles. The van der Waals surface area contributed by atoms with Gasteiger partial charge in [-0.2, -0.15) is 0 Å². The highest BCUT2D eigenvalue weighted by atomic mass is 35.5. The van der Waals surface area contributed by atoms with E-state index in [1.54, 1.807) is 11.8 Å². The number of ether oxygens (including phenoxy) is 2. The van der Waals surface area contributed by atoms with Gasteiger partial charge in [-0.3, -0.25) is 19.2 Å². The average Bonchev–Trinajstić information content (AvgIpc) is 3.34. The number of hydrogen-bond donors (Lipinski definition) is 0. The summed E-state index contributed by atoms with van der Waals surface area (Å²) in [7, 11) is 0. The zero-order valence-electron chi connectivity index (χ0n) is 27.4. The Bertz CT molecular complexity index is 1500. The number of halogens is 1. The molecule has 0 radical (unpaired) electrons. The van der Waals surface area contributed by atoms with Crippen LogP contribution in [0.2, 0.25) is 5.02 Å². The first kappa shape index (κ1) is 32.7. The highest BCUT2D eigenvalue weighted by molar-refractivity contribution is 6.32. The van der Waals surface area contributed by atoms with Gasteiger partial charge in [-0.15, -0.1) is 0 Å². The molecule has 2 fully saturated rings. The van der Waals surface area contributed by atoms with E-state index in [9.17, 15) is 19.2 Å². The van der Waals surface area contributed by atoms with Crippen LogP contribution in [0.5, 0.6) is 5.75 Å². The Morgan fingerprint density at radius 1 is 1.13 bits per heavy atom. The van der Waals surface area contributed by atoms with Crippen LogP contribution in [0, 0.1) is 17.3 Å². The van der Waals surface area contributed by atoms with Gasteiger partial charge in [0.05, 0.1) is 36.3 Å². The Morgan fingerprint density at radius 2 is 1.93 bits per heavy atom. The van der Waals surface area contributed by atoms with E-state index in [2.05, 4.69) is 17.3 Å². The highest BCUT2D eigenvalue weighted by Gasteiger charge is 2.60. The smallest absolute Gasteiger partial charge is 0.307 e. The summed E-state index contributed by atoms with van der Waals surface area (Å²) in [5, 5.41) is 4.99. The van der Waals surface area contributed by atoms with E-state index in [0.29, 0.717) is 42.4 Å². The van der Waals surface area contributed by atoms with Crippen molar-refractivity contribution in [3.8, 4) is 5.75 Å². The summed E-state index contributed by atoms with van der Waals surface area (Å²) in [5.41, 5.74) is 0.249. The number of carbonyl (C=O) groups is 4. The summed E-state index contributed by atoms with van der Waals surface area (Å²) < 4.78 is 11.3. The molecule has 0 bridgehead atoms. The molecule has 10 heteroatoms. The van der Waals surface area contributed by atoms with Crippen molar-refractivity contribution in [2.24, 2.45) is 22.4 Å². The van der Waals surface area contributed by atoms with E-state index in [4.69, 9.17) is 25.9 Å². The lowest BCUT2D eigenvalue weighted by atomic mass is 9.86. The Hall–Kier alpha value is -3.20. The number of benzene rings is 1. The van der Waals surface area contributed by atoms with Crippen LogP contribution in [0.25, 0.3) is 0 Å². The number of hydrogen-bond acceptors (Lipinski definition) is 8. The number of amides is 1. The van der Waals surface area contributed by atoms with Crippen LogP contribution < -0.4 is 4.74 Å². The van der Waals surface area contributed by atoms with E-state index in [0.717, 1.165) is 43.2 Å². The van der Waals surface area contributed by atoms with Crippen LogP contribution in [-0.4, -0.2) is 64.5 Å². The number of carbonyl (C=O) groups excluding carboxylic acids is 4. The molecular weight excluding hydrogens is 608 g/mol. The molecular formula is C36H45ClN2O7. The van der Waals surface area contributed by atoms with Crippen molar-refractivity contribution in [3.05, 3.63) is 40.4 Å². The Kier molecular flexibility index (Phi) is 8.85. The molecule has 9 nitrogen and oxygen atoms in total. The third-order valence-corrected chi connectivity index (χ3v) is 10.5. The molecule has 1 amide bonds. The van der Waals surface area contributed by atoms with Gasteiger partial charge in [-0.05, 0) is 77.0 Å². The molecule has 1 aromatic rings. The summed E-state index contributed by atoms with van der Waals surface area (Å²) in [6, 6.07) is 3.06. The van der Waals surface area contributed by atoms with Gasteiger partial charge in [-0.1, -0.05) is 41.8 Å². The largest absolute Gasteiger partial charge is 0.491 e. The molecule has 6 rings (SSSR count). The minimum Gasteiger partial charge on any atom is -0.491 e. The first-order chi connectivity index (χ1) is 21.8. The van der Waals surface area contributed by atoms with Crippen LogP contribution in [0.3, 0.4) is 0 Å². The molecule has 46 heavy (non-hydrogen) atoms. The van der Waals surface area contributed by atoms with Gasteiger partial charge in [0.2, 0.25) is 5.91 Å². The second kappa shape index (κ2) is 12.4. The topological polar surface area (TPSA) is 112 Å². The maximum Gasteiger partial charge on any atom is 0.307 e. The average molecular weight is 653 g/mol. The second-order valence-corrected chi connectivity index (χ2v) is 15.3. The van der Waals surface area contributed by atoms with Crippen molar-refractivity contribution < 1.29 is 33.5 Å². The fourth-order valence-corrected chi connectivity index (χ4v) is 8.03. The molecule has 248 valence electrons. The summed E-state index contributed by atoms with van der Waals surface area (Å²) in [6.07, 6.45) is 10.3. The minimum atomic E-state index is -0.901. The molecule has 1 aliphatic carbocycles. The van der Waals surface area contributed by atoms with Gasteiger partial charge in [0, 0.05) is 42.6 Å². The predicted octanol–water partition coefficient (Wildman–Crippen LogP) is 6.16. The second-order valence-electron chi connectivity index (χ2n) is 14.9. The minimum absolute atomic E-state index is 0.00779. The third kappa shape index (κ3) is 6.62. The monoisotopic (exact) mass is 652 g/mol. The van der Waals surface area contributed by atoms with Crippen molar-refractivity contribution >= 4 is 40.8 Å². The fourth-order valence-electron chi connectivity index (χ4n) is 7.73. The SMILES string of the molecule is CC(=O)C12CC(=O)C3CC4(CC(c5cc(Cl)c6c(c5)CCO6)=NO4)CN3C(=O)C(CC(=O)OC(C)(C)C)CCCCC/C=C\C1C2. The maximum atomic E-state index is 14.4. The van der Waals surface area contributed by atoms with Gasteiger partial charge in [0.25, 0.3) is 0 Å². The number of allylic oxidation sites excluding steroid dienone is 2. The maximum absolute atomic E-state index is 14.4. The lowest BCUT2D eigenvalue weighted by molar-refractivity contribution is -0.159. The standard InChI is InChI=1S/C36H45ClN2O7/c1-22(40)36-17-26(36)11-9-7-5-6-8-10-24(16-31(42)45-34(2,3)4)33(43)39-21-35(19-29(39)30(41)20-36)18-28(38-46-35)25-14-23-12-13-44-32(23)27(37)15-25/h9,11,14-15,24,26,29H,5-8,10,12-13,16-21H2,1-4H3/b11-9-. The van der Waals surface area contributed by atoms with Crippen LogP contribution in [0.1, 0.15) is 103 Å². The molecule has 4 heterocycles. The van der Waals surface area contributed by atoms with Gasteiger partial charge in [0.15, 0.2) is 11.4 Å².